The predicted molar refractivity (Wildman–Crippen MR) is 62.9 cm³/mol. The van der Waals surface area contributed by atoms with Crippen LogP contribution in [0.25, 0.3) is 11.5 Å². The smallest absolute Gasteiger partial charge is 0.437 e. The van der Waals surface area contributed by atoms with Gasteiger partial charge in [-0.3, -0.25) is 0 Å². The SMILES string of the molecule is CCOC(=O)c1oc(-c2cccc(F)c2)nc1C(F)(F)F. The molecule has 0 aliphatic rings. The molecule has 21 heavy (non-hydrogen) atoms. The Morgan fingerprint density at radius 2 is 2.10 bits per heavy atom. The van der Waals surface area contributed by atoms with E-state index < -0.39 is 35.3 Å². The lowest BCUT2D eigenvalue weighted by Crippen LogP contribution is -2.14. The molecule has 0 radical (unpaired) electrons. The second kappa shape index (κ2) is 5.55. The zero-order valence-corrected chi connectivity index (χ0v) is 10.7. The molecule has 2 aromatic rings. The maximum absolute atomic E-state index is 13.1. The second-order valence-corrected chi connectivity index (χ2v) is 3.93. The summed E-state index contributed by atoms with van der Waals surface area (Å²) in [6.07, 6.45) is -4.89. The molecule has 0 aliphatic heterocycles. The lowest BCUT2D eigenvalue weighted by molar-refractivity contribution is -0.141. The van der Waals surface area contributed by atoms with E-state index in [1.54, 1.807) is 0 Å². The molecule has 0 amide bonds. The van der Waals surface area contributed by atoms with Gasteiger partial charge in [0.1, 0.15) is 5.82 Å². The second-order valence-electron chi connectivity index (χ2n) is 3.93. The number of rotatable bonds is 3. The molecule has 4 nitrogen and oxygen atoms in total. The summed E-state index contributed by atoms with van der Waals surface area (Å²) in [7, 11) is 0. The number of esters is 1. The molecular formula is C13H9F4NO3. The van der Waals surface area contributed by atoms with Crippen LogP contribution in [0.1, 0.15) is 23.2 Å². The van der Waals surface area contributed by atoms with Gasteiger partial charge in [0.2, 0.25) is 11.7 Å². The molecular weight excluding hydrogens is 294 g/mol. The summed E-state index contributed by atoms with van der Waals surface area (Å²) in [4.78, 5) is 14.7. The van der Waals surface area contributed by atoms with Crippen LogP contribution in [0.15, 0.2) is 28.7 Å². The Balaban J connectivity index is 2.53. The van der Waals surface area contributed by atoms with Gasteiger partial charge < -0.3 is 9.15 Å². The lowest BCUT2D eigenvalue weighted by atomic mass is 10.2. The summed E-state index contributed by atoms with van der Waals surface area (Å²) >= 11 is 0. The summed E-state index contributed by atoms with van der Waals surface area (Å²) in [5, 5.41) is 0. The van der Waals surface area contributed by atoms with Crippen LogP contribution in [-0.4, -0.2) is 17.6 Å². The van der Waals surface area contributed by atoms with E-state index in [0.717, 1.165) is 12.1 Å². The Bertz CT molecular complexity index is 664. The molecule has 0 aliphatic carbocycles. The van der Waals surface area contributed by atoms with Gasteiger partial charge in [0, 0.05) is 5.56 Å². The molecule has 0 spiro atoms. The van der Waals surface area contributed by atoms with Crippen LogP contribution in [0.3, 0.4) is 0 Å². The van der Waals surface area contributed by atoms with Gasteiger partial charge in [-0.05, 0) is 25.1 Å². The maximum atomic E-state index is 13.1. The first-order valence-corrected chi connectivity index (χ1v) is 5.84. The average Bonchev–Trinajstić information content (AvgIpc) is 2.84. The first-order valence-electron chi connectivity index (χ1n) is 5.84. The van der Waals surface area contributed by atoms with Crippen LogP contribution in [0.2, 0.25) is 0 Å². The maximum Gasteiger partial charge on any atom is 0.437 e. The summed E-state index contributed by atoms with van der Waals surface area (Å²) in [5.74, 6) is -3.51. The van der Waals surface area contributed by atoms with Crippen molar-refractivity contribution in [3.8, 4) is 11.5 Å². The summed E-state index contributed by atoms with van der Waals surface area (Å²) < 4.78 is 61.0. The van der Waals surface area contributed by atoms with Crippen molar-refractivity contribution in [1.29, 1.82) is 0 Å². The quantitative estimate of drug-likeness (QED) is 0.641. The Kier molecular flexibility index (Phi) is 3.97. The molecule has 0 bridgehead atoms. The van der Waals surface area contributed by atoms with Crippen molar-refractivity contribution in [1.82, 2.24) is 4.98 Å². The zero-order valence-electron chi connectivity index (χ0n) is 10.7. The van der Waals surface area contributed by atoms with Gasteiger partial charge in [0.15, 0.2) is 5.69 Å². The van der Waals surface area contributed by atoms with Crippen molar-refractivity contribution in [2.24, 2.45) is 0 Å². The van der Waals surface area contributed by atoms with Gasteiger partial charge in [0.25, 0.3) is 0 Å². The summed E-state index contributed by atoms with van der Waals surface area (Å²) in [6, 6.07) is 4.65. The summed E-state index contributed by atoms with van der Waals surface area (Å²) in [6.45, 7) is 1.32. The highest BCUT2D eigenvalue weighted by atomic mass is 19.4. The molecule has 0 atom stereocenters. The Morgan fingerprint density at radius 3 is 2.67 bits per heavy atom. The monoisotopic (exact) mass is 303 g/mol. The van der Waals surface area contributed by atoms with Crippen molar-refractivity contribution < 1.29 is 31.5 Å². The van der Waals surface area contributed by atoms with Crippen molar-refractivity contribution in [3.63, 3.8) is 0 Å². The molecule has 1 aromatic heterocycles. The summed E-state index contributed by atoms with van der Waals surface area (Å²) in [5.41, 5.74) is -1.52. The number of carbonyl (C=O) groups is 1. The van der Waals surface area contributed by atoms with Gasteiger partial charge in [-0.1, -0.05) is 6.07 Å². The van der Waals surface area contributed by atoms with Gasteiger partial charge in [-0.2, -0.15) is 13.2 Å². The zero-order chi connectivity index (χ0) is 15.6. The van der Waals surface area contributed by atoms with Crippen molar-refractivity contribution in [3.05, 3.63) is 41.5 Å². The topological polar surface area (TPSA) is 52.3 Å². The molecule has 0 saturated carbocycles. The Labute approximate surface area is 116 Å². The Morgan fingerprint density at radius 1 is 1.38 bits per heavy atom. The van der Waals surface area contributed by atoms with Gasteiger partial charge in [-0.25, -0.2) is 14.2 Å². The number of halogens is 4. The minimum absolute atomic E-state index is 0.0175. The van der Waals surface area contributed by atoms with Crippen LogP contribution in [-0.2, 0) is 10.9 Å². The lowest BCUT2D eigenvalue weighted by Gasteiger charge is -2.03. The first kappa shape index (κ1) is 15.0. The highest BCUT2D eigenvalue weighted by molar-refractivity contribution is 5.88. The van der Waals surface area contributed by atoms with Gasteiger partial charge in [0.05, 0.1) is 6.61 Å². The molecule has 1 aromatic carbocycles. The fourth-order valence-corrected chi connectivity index (χ4v) is 1.59. The van der Waals surface area contributed by atoms with E-state index in [4.69, 9.17) is 4.42 Å². The van der Waals surface area contributed by atoms with E-state index in [9.17, 15) is 22.4 Å². The molecule has 8 heteroatoms. The number of ether oxygens (including phenoxy) is 1. The van der Waals surface area contributed by atoms with Gasteiger partial charge in [-0.15, -0.1) is 0 Å². The van der Waals surface area contributed by atoms with Crippen LogP contribution in [0.4, 0.5) is 17.6 Å². The minimum atomic E-state index is -4.89. The number of hydrogen-bond acceptors (Lipinski definition) is 4. The van der Waals surface area contributed by atoms with Crippen LogP contribution >= 0.6 is 0 Å². The van der Waals surface area contributed by atoms with E-state index in [0.29, 0.717) is 0 Å². The number of carbonyl (C=O) groups excluding carboxylic acids is 1. The number of benzene rings is 1. The molecule has 112 valence electrons. The van der Waals surface area contributed by atoms with Crippen LogP contribution in [0.5, 0.6) is 0 Å². The molecule has 0 N–H and O–H groups in total. The largest absolute Gasteiger partial charge is 0.460 e. The Hall–Kier alpha value is -2.38. The first-order chi connectivity index (χ1) is 9.82. The molecule has 2 rings (SSSR count). The number of hydrogen-bond donors (Lipinski definition) is 0. The van der Waals surface area contributed by atoms with E-state index >= 15 is 0 Å². The number of nitrogens with zero attached hydrogens (tertiary/aromatic N) is 1. The van der Waals surface area contributed by atoms with Crippen molar-refractivity contribution >= 4 is 5.97 Å². The standard InChI is InChI=1S/C13H9F4NO3/c1-2-20-12(19)9-10(13(15,16)17)18-11(21-9)7-4-3-5-8(14)6-7/h3-6H,2H2,1H3. The number of aromatic nitrogens is 1. The average molecular weight is 303 g/mol. The van der Waals surface area contributed by atoms with E-state index in [1.807, 2.05) is 0 Å². The highest BCUT2D eigenvalue weighted by Crippen LogP contribution is 2.34. The van der Waals surface area contributed by atoms with E-state index in [1.165, 1.54) is 19.1 Å². The van der Waals surface area contributed by atoms with Crippen LogP contribution < -0.4 is 0 Å². The third kappa shape index (κ3) is 3.21. The number of alkyl halides is 3. The molecule has 1 heterocycles. The number of oxazole rings is 1. The van der Waals surface area contributed by atoms with Gasteiger partial charge >= 0.3 is 12.1 Å². The minimum Gasteiger partial charge on any atom is -0.460 e. The molecule has 0 saturated heterocycles. The van der Waals surface area contributed by atoms with E-state index in [-0.39, 0.29) is 12.2 Å². The van der Waals surface area contributed by atoms with Crippen molar-refractivity contribution in [2.45, 2.75) is 13.1 Å². The highest BCUT2D eigenvalue weighted by Gasteiger charge is 2.41. The fraction of sp³-hybridized carbons (Fsp3) is 0.231. The molecule has 0 fully saturated rings. The normalized spacial score (nSPS) is 11.5. The van der Waals surface area contributed by atoms with Crippen molar-refractivity contribution in [2.75, 3.05) is 6.61 Å². The fourth-order valence-electron chi connectivity index (χ4n) is 1.59. The van der Waals surface area contributed by atoms with Crippen LogP contribution in [0, 0.1) is 5.82 Å². The third-order valence-electron chi connectivity index (χ3n) is 2.43. The third-order valence-corrected chi connectivity index (χ3v) is 2.43. The van der Waals surface area contributed by atoms with E-state index in [2.05, 4.69) is 9.72 Å². The molecule has 0 unspecified atom stereocenters. The predicted octanol–water partition coefficient (Wildman–Crippen LogP) is 3.68.